The van der Waals surface area contributed by atoms with E-state index in [9.17, 15) is 19.2 Å². The Morgan fingerprint density at radius 2 is 1.80 bits per heavy atom. The number of anilines is 1. The fourth-order valence-electron chi connectivity index (χ4n) is 3.01. The first-order chi connectivity index (χ1) is 14.3. The zero-order valence-corrected chi connectivity index (χ0v) is 16.4. The molecule has 1 fully saturated rings. The number of benzene rings is 2. The maximum absolute atomic E-state index is 13.1. The third-order valence-corrected chi connectivity index (χ3v) is 4.59. The fraction of sp³-hybridized carbons (Fsp3) is 0.182. The van der Waals surface area contributed by atoms with Crippen molar-refractivity contribution in [2.75, 3.05) is 4.90 Å². The number of imide groups is 2. The Hall–Kier alpha value is -3.94. The molecule has 2 N–H and O–H groups in total. The predicted octanol–water partition coefficient (Wildman–Crippen LogP) is 2.77. The van der Waals surface area contributed by atoms with Crippen LogP contribution in [0.3, 0.4) is 0 Å². The molecule has 0 radical (unpaired) electrons. The van der Waals surface area contributed by atoms with Crippen LogP contribution in [0, 0.1) is 0 Å². The number of rotatable bonds is 6. The summed E-state index contributed by atoms with van der Waals surface area (Å²) in [5.74, 6) is -2.57. The van der Waals surface area contributed by atoms with E-state index in [1.165, 1.54) is 19.1 Å². The Bertz CT molecular complexity index is 1060. The predicted molar refractivity (Wildman–Crippen MR) is 109 cm³/mol. The lowest BCUT2D eigenvalue weighted by atomic mass is 10.0. The molecule has 1 saturated heterocycles. The van der Waals surface area contributed by atoms with Crippen molar-refractivity contribution in [2.24, 2.45) is 0 Å². The number of hydrogen-bond acceptors (Lipinski definition) is 5. The highest BCUT2D eigenvalue weighted by atomic mass is 16.5. The molecule has 0 saturated carbocycles. The van der Waals surface area contributed by atoms with Gasteiger partial charge in [-0.25, -0.2) is 14.5 Å². The quantitative estimate of drug-likeness (QED) is 0.561. The van der Waals surface area contributed by atoms with Crippen molar-refractivity contribution in [3.05, 3.63) is 65.2 Å². The van der Waals surface area contributed by atoms with Crippen LogP contribution in [0.4, 0.5) is 10.5 Å². The molecule has 0 aromatic heterocycles. The number of carboxylic acid groups (broad SMARTS) is 1. The van der Waals surface area contributed by atoms with Gasteiger partial charge in [0.05, 0.1) is 5.69 Å². The van der Waals surface area contributed by atoms with Gasteiger partial charge in [0.2, 0.25) is 0 Å². The van der Waals surface area contributed by atoms with Crippen molar-refractivity contribution in [3.63, 3.8) is 0 Å². The maximum Gasteiger partial charge on any atom is 0.344 e. The van der Waals surface area contributed by atoms with Crippen LogP contribution in [0.15, 0.2) is 54.1 Å². The highest BCUT2D eigenvalue weighted by Gasteiger charge is 2.37. The number of para-hydroxylation sites is 2. The molecule has 0 unspecified atom stereocenters. The summed E-state index contributed by atoms with van der Waals surface area (Å²) in [6, 6.07) is 12.5. The van der Waals surface area contributed by atoms with Crippen LogP contribution in [-0.4, -0.2) is 35.0 Å². The van der Waals surface area contributed by atoms with Crippen molar-refractivity contribution in [1.29, 1.82) is 0 Å². The largest absolute Gasteiger partial charge is 0.479 e. The van der Waals surface area contributed by atoms with Gasteiger partial charge in [-0.05, 0) is 37.1 Å². The maximum atomic E-state index is 13.1. The average Bonchev–Trinajstić information content (AvgIpc) is 2.72. The summed E-state index contributed by atoms with van der Waals surface area (Å²) in [7, 11) is 0. The zero-order chi connectivity index (χ0) is 21.8. The molecular formula is C22H20N2O6. The molecule has 1 aliphatic heterocycles. The number of aliphatic carboxylic acids is 1. The minimum Gasteiger partial charge on any atom is -0.479 e. The van der Waals surface area contributed by atoms with E-state index in [4.69, 9.17) is 9.84 Å². The molecule has 4 amide bonds. The van der Waals surface area contributed by atoms with Gasteiger partial charge in [-0.1, -0.05) is 43.3 Å². The number of amides is 4. The fourth-order valence-corrected chi connectivity index (χ4v) is 3.01. The highest BCUT2D eigenvalue weighted by molar-refractivity contribution is 6.39. The highest BCUT2D eigenvalue weighted by Crippen LogP contribution is 2.28. The Morgan fingerprint density at radius 3 is 2.50 bits per heavy atom. The van der Waals surface area contributed by atoms with Crippen LogP contribution in [-0.2, 0) is 20.8 Å². The second kappa shape index (κ2) is 8.60. The van der Waals surface area contributed by atoms with Gasteiger partial charge in [0.1, 0.15) is 11.3 Å². The Kier molecular flexibility index (Phi) is 5.96. The summed E-state index contributed by atoms with van der Waals surface area (Å²) < 4.78 is 5.42. The number of nitrogens with one attached hydrogen (secondary N) is 1. The van der Waals surface area contributed by atoms with E-state index >= 15 is 0 Å². The summed E-state index contributed by atoms with van der Waals surface area (Å²) in [5.41, 5.74) is 1.24. The zero-order valence-electron chi connectivity index (χ0n) is 16.4. The summed E-state index contributed by atoms with van der Waals surface area (Å²) in [4.78, 5) is 50.0. The Morgan fingerprint density at radius 1 is 1.13 bits per heavy atom. The van der Waals surface area contributed by atoms with Crippen LogP contribution >= 0.6 is 0 Å². The second-order valence-electron chi connectivity index (χ2n) is 6.58. The van der Waals surface area contributed by atoms with Crippen LogP contribution in [0.5, 0.6) is 5.75 Å². The first-order valence-electron chi connectivity index (χ1n) is 9.31. The summed E-state index contributed by atoms with van der Waals surface area (Å²) in [5, 5.41) is 11.3. The average molecular weight is 408 g/mol. The summed E-state index contributed by atoms with van der Waals surface area (Å²) >= 11 is 0. The second-order valence-corrected chi connectivity index (χ2v) is 6.58. The molecule has 1 heterocycles. The van der Waals surface area contributed by atoms with Gasteiger partial charge in [-0.3, -0.25) is 14.9 Å². The lowest BCUT2D eigenvalue weighted by molar-refractivity contribution is -0.144. The van der Waals surface area contributed by atoms with Gasteiger partial charge >= 0.3 is 12.0 Å². The monoisotopic (exact) mass is 408 g/mol. The number of nitrogens with zero attached hydrogens (tertiary/aromatic N) is 1. The molecule has 30 heavy (non-hydrogen) atoms. The van der Waals surface area contributed by atoms with Crippen molar-refractivity contribution in [2.45, 2.75) is 26.4 Å². The number of ether oxygens (including phenoxy) is 1. The van der Waals surface area contributed by atoms with Crippen molar-refractivity contribution >= 4 is 35.6 Å². The van der Waals surface area contributed by atoms with Gasteiger partial charge in [0, 0.05) is 5.56 Å². The molecule has 8 nitrogen and oxygen atoms in total. The third-order valence-electron chi connectivity index (χ3n) is 4.59. The van der Waals surface area contributed by atoms with Gasteiger partial charge < -0.3 is 9.84 Å². The lowest BCUT2D eigenvalue weighted by Crippen LogP contribution is -2.54. The van der Waals surface area contributed by atoms with E-state index in [-0.39, 0.29) is 11.3 Å². The lowest BCUT2D eigenvalue weighted by Gasteiger charge is -2.28. The minimum absolute atomic E-state index is 0.193. The van der Waals surface area contributed by atoms with Crippen molar-refractivity contribution in [3.8, 4) is 5.75 Å². The van der Waals surface area contributed by atoms with E-state index in [2.05, 4.69) is 5.32 Å². The standard InChI is InChI=1S/C22H20N2O6/c1-3-14-8-4-6-10-17(14)24-20(26)16(19(25)23-22(24)29)12-15-9-5-7-11-18(15)30-13(2)21(27)28/h4-13H,3H2,1-2H3,(H,27,28)(H,23,25,29)/b16-12+/t13-/m0/s1. The normalized spacial score (nSPS) is 16.4. The topological polar surface area (TPSA) is 113 Å². The third kappa shape index (κ3) is 4.07. The van der Waals surface area contributed by atoms with Crippen molar-refractivity contribution < 1.29 is 29.0 Å². The molecule has 0 bridgehead atoms. The number of hydrogen-bond donors (Lipinski definition) is 2. The van der Waals surface area contributed by atoms with E-state index in [1.54, 1.807) is 42.5 Å². The van der Waals surface area contributed by atoms with Crippen LogP contribution in [0.25, 0.3) is 6.08 Å². The van der Waals surface area contributed by atoms with Gasteiger partial charge in [-0.15, -0.1) is 0 Å². The first kappa shape index (κ1) is 20.8. The smallest absolute Gasteiger partial charge is 0.344 e. The molecular weight excluding hydrogens is 388 g/mol. The molecule has 3 rings (SSSR count). The molecule has 2 aromatic carbocycles. The van der Waals surface area contributed by atoms with E-state index in [0.29, 0.717) is 17.7 Å². The van der Waals surface area contributed by atoms with Crippen molar-refractivity contribution in [1.82, 2.24) is 5.32 Å². The number of urea groups is 1. The van der Waals surface area contributed by atoms with E-state index in [0.717, 1.165) is 10.5 Å². The number of aryl methyl sites for hydroxylation is 1. The van der Waals surface area contributed by atoms with Crippen LogP contribution in [0.2, 0.25) is 0 Å². The van der Waals surface area contributed by atoms with Gasteiger partial charge in [0.15, 0.2) is 6.10 Å². The molecule has 1 atom stereocenters. The molecule has 1 aliphatic rings. The molecule has 0 spiro atoms. The molecule has 0 aliphatic carbocycles. The molecule has 8 heteroatoms. The number of carbonyl (C=O) groups is 4. The Balaban J connectivity index is 2.03. The SMILES string of the molecule is CCc1ccccc1N1C(=O)NC(=O)/C(=C\c2ccccc2O[C@@H](C)C(=O)O)C1=O. The molecule has 2 aromatic rings. The van der Waals surface area contributed by atoms with Crippen LogP contribution in [0.1, 0.15) is 25.0 Å². The summed E-state index contributed by atoms with van der Waals surface area (Å²) in [6.45, 7) is 3.26. The van der Waals surface area contributed by atoms with Gasteiger partial charge in [-0.2, -0.15) is 0 Å². The van der Waals surface area contributed by atoms with E-state index in [1.807, 2.05) is 6.92 Å². The molecule has 154 valence electrons. The number of carboxylic acids is 1. The number of carbonyl (C=O) groups excluding carboxylic acids is 3. The van der Waals surface area contributed by atoms with Crippen LogP contribution < -0.4 is 15.0 Å². The first-order valence-corrected chi connectivity index (χ1v) is 9.31. The van der Waals surface area contributed by atoms with E-state index < -0.39 is 29.9 Å². The van der Waals surface area contributed by atoms with Gasteiger partial charge in [0.25, 0.3) is 11.8 Å². The Labute approximate surface area is 172 Å². The minimum atomic E-state index is -1.16. The summed E-state index contributed by atoms with van der Waals surface area (Å²) in [6.07, 6.45) is 0.745. The number of barbiturate groups is 1.